The highest BCUT2D eigenvalue weighted by Crippen LogP contribution is 2.12. The lowest BCUT2D eigenvalue weighted by atomic mass is 10.1. The third-order valence-corrected chi connectivity index (χ3v) is 2.19. The van der Waals surface area contributed by atoms with Crippen LogP contribution in [0, 0.1) is 6.92 Å². The molecule has 15 heavy (non-hydrogen) atoms. The molecule has 0 radical (unpaired) electrons. The molecule has 1 atom stereocenters. The second kappa shape index (κ2) is 5.39. The number of amides is 1. The molecular weight excluding hydrogens is 190 g/mol. The van der Waals surface area contributed by atoms with Crippen LogP contribution in [0.1, 0.15) is 31.0 Å². The van der Waals surface area contributed by atoms with Gasteiger partial charge in [-0.25, -0.2) is 4.79 Å². The molecule has 0 saturated carbocycles. The average Bonchev–Trinajstić information content (AvgIpc) is 2.18. The maximum atomic E-state index is 11.2. The Morgan fingerprint density at radius 1 is 1.40 bits per heavy atom. The molecule has 0 bridgehead atoms. The normalized spacial score (nSPS) is 11.9. The van der Waals surface area contributed by atoms with Crippen LogP contribution < -0.4 is 5.32 Å². The smallest absolute Gasteiger partial charge is 0.407 e. The van der Waals surface area contributed by atoms with Crippen molar-refractivity contribution in [2.24, 2.45) is 0 Å². The maximum Gasteiger partial charge on any atom is 0.407 e. The molecule has 0 saturated heterocycles. The monoisotopic (exact) mass is 207 g/mol. The largest absolute Gasteiger partial charge is 0.450 e. The zero-order valence-corrected chi connectivity index (χ0v) is 9.41. The summed E-state index contributed by atoms with van der Waals surface area (Å²) in [5, 5.41) is 2.76. The van der Waals surface area contributed by atoms with Crippen LogP contribution in [0.2, 0.25) is 0 Å². The quantitative estimate of drug-likeness (QED) is 0.827. The Bertz CT molecular complexity index is 319. The van der Waals surface area contributed by atoms with Crippen LogP contribution in [0.5, 0.6) is 0 Å². The molecule has 0 aliphatic heterocycles. The van der Waals surface area contributed by atoms with Crippen molar-refractivity contribution in [2.45, 2.75) is 26.8 Å². The lowest BCUT2D eigenvalue weighted by molar-refractivity contribution is 0.149. The summed E-state index contributed by atoms with van der Waals surface area (Å²) in [6.07, 6.45) is -0.370. The number of benzene rings is 1. The van der Waals surface area contributed by atoms with Crippen LogP contribution in [0.15, 0.2) is 24.3 Å². The third-order valence-electron chi connectivity index (χ3n) is 2.19. The van der Waals surface area contributed by atoms with Crippen molar-refractivity contribution in [1.29, 1.82) is 0 Å². The highest BCUT2D eigenvalue weighted by atomic mass is 16.5. The topological polar surface area (TPSA) is 38.3 Å². The molecule has 0 spiro atoms. The Morgan fingerprint density at radius 2 is 2.00 bits per heavy atom. The van der Waals surface area contributed by atoms with Gasteiger partial charge in [0.25, 0.3) is 0 Å². The van der Waals surface area contributed by atoms with Gasteiger partial charge in [-0.3, -0.25) is 0 Å². The Hall–Kier alpha value is -1.51. The van der Waals surface area contributed by atoms with Gasteiger partial charge in [0.15, 0.2) is 0 Å². The van der Waals surface area contributed by atoms with Gasteiger partial charge in [0.2, 0.25) is 0 Å². The number of alkyl carbamates (subject to hydrolysis) is 1. The summed E-state index contributed by atoms with van der Waals surface area (Å²) in [6.45, 7) is 6.15. The van der Waals surface area contributed by atoms with E-state index in [0.29, 0.717) is 6.61 Å². The van der Waals surface area contributed by atoms with E-state index in [1.54, 1.807) is 6.92 Å². The van der Waals surface area contributed by atoms with Crippen LogP contribution in [0.4, 0.5) is 4.79 Å². The molecule has 0 heterocycles. The van der Waals surface area contributed by atoms with Gasteiger partial charge in [-0.15, -0.1) is 0 Å². The fourth-order valence-electron chi connectivity index (χ4n) is 1.29. The van der Waals surface area contributed by atoms with Gasteiger partial charge < -0.3 is 10.1 Å². The van der Waals surface area contributed by atoms with Crippen molar-refractivity contribution in [2.75, 3.05) is 6.61 Å². The van der Waals surface area contributed by atoms with E-state index in [1.807, 2.05) is 38.1 Å². The summed E-state index contributed by atoms with van der Waals surface area (Å²) in [4.78, 5) is 11.2. The first-order valence-electron chi connectivity index (χ1n) is 5.13. The summed E-state index contributed by atoms with van der Waals surface area (Å²) >= 11 is 0. The fraction of sp³-hybridized carbons (Fsp3) is 0.417. The number of nitrogens with one attached hydrogen (secondary N) is 1. The van der Waals surface area contributed by atoms with Crippen molar-refractivity contribution in [3.05, 3.63) is 35.4 Å². The first-order chi connectivity index (χ1) is 7.13. The third kappa shape index (κ3) is 3.62. The van der Waals surface area contributed by atoms with E-state index in [0.717, 1.165) is 5.56 Å². The zero-order valence-electron chi connectivity index (χ0n) is 9.41. The van der Waals surface area contributed by atoms with Crippen molar-refractivity contribution >= 4 is 6.09 Å². The second-order valence-corrected chi connectivity index (χ2v) is 3.50. The van der Waals surface area contributed by atoms with E-state index in [1.165, 1.54) is 5.56 Å². The molecule has 1 amide bonds. The van der Waals surface area contributed by atoms with E-state index in [4.69, 9.17) is 4.74 Å². The van der Waals surface area contributed by atoms with Gasteiger partial charge in [-0.1, -0.05) is 29.8 Å². The Morgan fingerprint density at radius 3 is 2.53 bits per heavy atom. The number of carbonyl (C=O) groups excluding carboxylic acids is 1. The number of rotatable bonds is 3. The van der Waals surface area contributed by atoms with Crippen molar-refractivity contribution in [1.82, 2.24) is 5.32 Å². The number of hydrogen-bond donors (Lipinski definition) is 1. The molecular formula is C12H17NO2. The minimum atomic E-state index is -0.370. The van der Waals surface area contributed by atoms with E-state index in [2.05, 4.69) is 5.32 Å². The molecule has 1 N–H and O–H groups in total. The predicted molar refractivity (Wildman–Crippen MR) is 59.8 cm³/mol. The predicted octanol–water partition coefficient (Wildman–Crippen LogP) is 2.80. The van der Waals surface area contributed by atoms with E-state index in [-0.39, 0.29) is 12.1 Å². The van der Waals surface area contributed by atoms with Crippen LogP contribution in [0.25, 0.3) is 0 Å². The second-order valence-electron chi connectivity index (χ2n) is 3.50. The Balaban J connectivity index is 2.57. The standard InChI is InChI=1S/C12H17NO2/c1-4-15-12(14)13-10(3)11-7-5-9(2)6-8-11/h5-8,10H,4H2,1-3H3,(H,13,14)/t10-/m1/s1. The molecule has 1 aromatic rings. The number of carbonyl (C=O) groups is 1. The summed E-state index contributed by atoms with van der Waals surface area (Å²) in [6, 6.07) is 8.04. The summed E-state index contributed by atoms with van der Waals surface area (Å²) < 4.78 is 4.81. The first kappa shape index (κ1) is 11.6. The number of hydrogen-bond acceptors (Lipinski definition) is 2. The summed E-state index contributed by atoms with van der Waals surface area (Å²) in [5.41, 5.74) is 2.29. The van der Waals surface area contributed by atoms with Crippen molar-refractivity contribution < 1.29 is 9.53 Å². The molecule has 82 valence electrons. The summed E-state index contributed by atoms with van der Waals surface area (Å²) in [7, 11) is 0. The molecule has 0 unspecified atom stereocenters. The number of aryl methyl sites for hydroxylation is 1. The first-order valence-corrected chi connectivity index (χ1v) is 5.13. The van der Waals surface area contributed by atoms with Gasteiger partial charge >= 0.3 is 6.09 Å². The molecule has 1 rings (SSSR count). The zero-order chi connectivity index (χ0) is 11.3. The Labute approximate surface area is 90.4 Å². The molecule has 3 nitrogen and oxygen atoms in total. The Kier molecular flexibility index (Phi) is 4.16. The minimum absolute atomic E-state index is 0.0235. The average molecular weight is 207 g/mol. The fourth-order valence-corrected chi connectivity index (χ4v) is 1.29. The van der Waals surface area contributed by atoms with Gasteiger partial charge in [0.1, 0.15) is 0 Å². The van der Waals surface area contributed by atoms with E-state index in [9.17, 15) is 4.79 Å². The van der Waals surface area contributed by atoms with Gasteiger partial charge in [0.05, 0.1) is 12.6 Å². The molecule has 1 aromatic carbocycles. The van der Waals surface area contributed by atoms with Crippen molar-refractivity contribution in [3.63, 3.8) is 0 Å². The molecule has 3 heteroatoms. The summed E-state index contributed by atoms with van der Waals surface area (Å²) in [5.74, 6) is 0. The molecule has 0 aliphatic carbocycles. The van der Waals surface area contributed by atoms with Crippen LogP contribution in [-0.2, 0) is 4.74 Å². The van der Waals surface area contributed by atoms with Gasteiger partial charge in [0, 0.05) is 0 Å². The van der Waals surface area contributed by atoms with Crippen LogP contribution in [-0.4, -0.2) is 12.7 Å². The minimum Gasteiger partial charge on any atom is -0.450 e. The van der Waals surface area contributed by atoms with Gasteiger partial charge in [-0.05, 0) is 26.3 Å². The SMILES string of the molecule is CCOC(=O)N[C@H](C)c1ccc(C)cc1. The molecule has 0 aliphatic rings. The molecule has 0 aromatic heterocycles. The lowest BCUT2D eigenvalue weighted by Gasteiger charge is -2.13. The van der Waals surface area contributed by atoms with E-state index < -0.39 is 0 Å². The molecule has 0 fully saturated rings. The highest BCUT2D eigenvalue weighted by Gasteiger charge is 2.08. The van der Waals surface area contributed by atoms with Crippen LogP contribution in [0.3, 0.4) is 0 Å². The van der Waals surface area contributed by atoms with Gasteiger partial charge in [-0.2, -0.15) is 0 Å². The number of ether oxygens (including phenoxy) is 1. The lowest BCUT2D eigenvalue weighted by Crippen LogP contribution is -2.27. The van der Waals surface area contributed by atoms with Crippen LogP contribution >= 0.6 is 0 Å². The maximum absolute atomic E-state index is 11.2. The van der Waals surface area contributed by atoms with Crippen molar-refractivity contribution in [3.8, 4) is 0 Å². The van der Waals surface area contributed by atoms with E-state index >= 15 is 0 Å². The highest BCUT2D eigenvalue weighted by molar-refractivity contribution is 5.67.